The van der Waals surface area contributed by atoms with Crippen molar-refractivity contribution >= 4 is 39.4 Å². The second-order valence-corrected chi connectivity index (χ2v) is 5.82. The average Bonchev–Trinajstić information content (AvgIpc) is 2.99. The molecule has 9 heteroatoms. The van der Waals surface area contributed by atoms with Gasteiger partial charge in [-0.2, -0.15) is 0 Å². The minimum Gasteiger partial charge on any atom is -0.320 e. The van der Waals surface area contributed by atoms with Crippen molar-refractivity contribution < 1.29 is 8.42 Å². The average molecular weight is 338 g/mol. The molecule has 0 atom stereocenters. The minimum absolute atomic E-state index is 0.466. The number of thiol groups is 1. The summed E-state index contributed by atoms with van der Waals surface area (Å²) in [5, 5.41) is 9.05. The molecule has 0 amide bonds. The maximum Gasteiger partial charge on any atom is 0.222 e. The molecular weight excluding hydrogens is 326 g/mol. The van der Waals surface area contributed by atoms with Crippen LogP contribution in [0.3, 0.4) is 0 Å². The van der Waals surface area contributed by atoms with E-state index in [2.05, 4.69) is 26.5 Å². The van der Waals surface area contributed by atoms with Gasteiger partial charge in [0.05, 0.1) is 0 Å². The predicted molar refractivity (Wildman–Crippen MR) is 86.4 cm³/mol. The summed E-state index contributed by atoms with van der Waals surface area (Å²) < 4.78 is 24.9. The normalized spacial score (nSPS) is 11.2. The first-order chi connectivity index (χ1) is 10.5. The van der Waals surface area contributed by atoms with Crippen LogP contribution in [0.1, 0.15) is 12.6 Å². The van der Waals surface area contributed by atoms with Crippen LogP contribution in [0.25, 0.3) is 22.6 Å². The summed E-state index contributed by atoms with van der Waals surface area (Å²) in [4.78, 5) is 3.09. The fourth-order valence-electron chi connectivity index (χ4n) is 2.01. The molecule has 2 aromatic heterocycles. The second kappa shape index (κ2) is 5.47. The number of allylic oxidation sites excluding steroid dienone is 1. The molecule has 0 aliphatic carbocycles. The van der Waals surface area contributed by atoms with E-state index < -0.39 is 10.9 Å². The first-order valence-corrected chi connectivity index (χ1v) is 7.83. The molecule has 114 valence electrons. The van der Waals surface area contributed by atoms with Crippen molar-refractivity contribution in [1.82, 2.24) is 19.8 Å². The van der Waals surface area contributed by atoms with Crippen LogP contribution in [0.15, 0.2) is 30.8 Å². The first kappa shape index (κ1) is 14.6. The topological polar surface area (TPSA) is 92.2 Å². The third-order valence-corrected chi connectivity index (χ3v) is 3.82. The van der Waals surface area contributed by atoms with Gasteiger partial charge < -0.3 is 4.98 Å². The highest BCUT2D eigenvalue weighted by atomic mass is 35.5. The molecule has 1 aromatic carbocycles. The number of aromatic amines is 1. The standard InChI is InChI=1S/C13H12ClN5O2S/c1-7(2)11-10(14)13-15-12(17-19(13)16-11)8-3-5-9(6-4-8)18-22(20)21/h3-6,22H,1H2,2H3,(H,15,17)(H,18,20,21). The van der Waals surface area contributed by atoms with E-state index in [1.54, 1.807) is 24.3 Å². The molecule has 3 rings (SSSR count). The number of hydrogen-bond acceptors (Lipinski definition) is 4. The summed E-state index contributed by atoms with van der Waals surface area (Å²) in [6.07, 6.45) is 0. The quantitative estimate of drug-likeness (QED) is 0.637. The van der Waals surface area contributed by atoms with Gasteiger partial charge in [0.2, 0.25) is 10.9 Å². The lowest BCUT2D eigenvalue weighted by Gasteiger charge is -2.00. The molecule has 0 bridgehead atoms. The Morgan fingerprint density at radius 3 is 2.55 bits per heavy atom. The number of aromatic nitrogens is 4. The van der Waals surface area contributed by atoms with E-state index in [4.69, 9.17) is 11.6 Å². The van der Waals surface area contributed by atoms with Gasteiger partial charge in [0.15, 0.2) is 11.5 Å². The van der Waals surface area contributed by atoms with Crippen LogP contribution >= 0.6 is 11.6 Å². The molecule has 7 nitrogen and oxygen atoms in total. The van der Waals surface area contributed by atoms with Gasteiger partial charge in [0.25, 0.3) is 0 Å². The van der Waals surface area contributed by atoms with E-state index in [1.807, 2.05) is 6.92 Å². The van der Waals surface area contributed by atoms with Crippen LogP contribution in [-0.4, -0.2) is 28.2 Å². The highest BCUT2D eigenvalue weighted by Crippen LogP contribution is 2.27. The predicted octanol–water partition coefficient (Wildman–Crippen LogP) is 2.35. The molecule has 0 aliphatic heterocycles. The number of fused-ring (bicyclic) bond motifs is 1. The maximum atomic E-state index is 10.6. The molecule has 0 fully saturated rings. The number of nitrogens with zero attached hydrogens (tertiary/aromatic N) is 3. The Kier molecular flexibility index (Phi) is 3.63. The van der Waals surface area contributed by atoms with Crippen LogP contribution in [0, 0.1) is 0 Å². The van der Waals surface area contributed by atoms with Crippen molar-refractivity contribution in [2.24, 2.45) is 0 Å². The van der Waals surface area contributed by atoms with E-state index in [0.717, 1.165) is 11.1 Å². The van der Waals surface area contributed by atoms with Gasteiger partial charge in [-0.05, 0) is 36.8 Å². The third-order valence-electron chi connectivity index (χ3n) is 3.03. The van der Waals surface area contributed by atoms with Crippen molar-refractivity contribution in [1.29, 1.82) is 0 Å². The summed E-state index contributed by atoms with van der Waals surface area (Å²) in [6.45, 7) is 5.64. The Hall–Kier alpha value is -2.32. The number of hydrogen-bond donors (Lipinski definition) is 3. The van der Waals surface area contributed by atoms with Gasteiger partial charge in [-0.15, -0.1) is 14.8 Å². The highest BCUT2D eigenvalue weighted by Gasteiger charge is 2.15. The van der Waals surface area contributed by atoms with E-state index in [9.17, 15) is 8.42 Å². The Labute approximate surface area is 132 Å². The summed E-state index contributed by atoms with van der Waals surface area (Å²) in [5.74, 6) is 0.579. The van der Waals surface area contributed by atoms with Crippen LogP contribution in [0.5, 0.6) is 0 Å². The number of benzene rings is 1. The lowest BCUT2D eigenvalue weighted by molar-refractivity contribution is 0.619. The van der Waals surface area contributed by atoms with Crippen molar-refractivity contribution in [2.75, 3.05) is 4.72 Å². The molecule has 2 heterocycles. The zero-order valence-corrected chi connectivity index (χ0v) is 13.2. The van der Waals surface area contributed by atoms with E-state index >= 15 is 0 Å². The number of anilines is 1. The minimum atomic E-state index is -2.68. The van der Waals surface area contributed by atoms with Crippen molar-refractivity contribution in [3.05, 3.63) is 41.6 Å². The summed E-state index contributed by atoms with van der Waals surface area (Å²) in [7, 11) is -2.68. The van der Waals surface area contributed by atoms with Crippen molar-refractivity contribution in [2.45, 2.75) is 6.92 Å². The molecule has 0 unspecified atom stereocenters. The molecule has 0 radical (unpaired) electrons. The number of H-pyrrole nitrogens is 1. The monoisotopic (exact) mass is 337 g/mol. The smallest absolute Gasteiger partial charge is 0.222 e. The Morgan fingerprint density at radius 1 is 1.32 bits per heavy atom. The van der Waals surface area contributed by atoms with Crippen LogP contribution in [0.4, 0.5) is 5.69 Å². The van der Waals surface area contributed by atoms with Gasteiger partial charge in [-0.3, -0.25) is 4.72 Å². The molecule has 2 N–H and O–H groups in total. The number of halogens is 1. The second-order valence-electron chi connectivity index (χ2n) is 4.70. The Bertz CT molecular complexity index is 931. The van der Waals surface area contributed by atoms with Gasteiger partial charge >= 0.3 is 0 Å². The van der Waals surface area contributed by atoms with Gasteiger partial charge in [0.1, 0.15) is 10.7 Å². The Morgan fingerprint density at radius 2 is 2.00 bits per heavy atom. The van der Waals surface area contributed by atoms with Gasteiger partial charge in [-0.25, -0.2) is 8.42 Å². The largest absolute Gasteiger partial charge is 0.320 e. The lowest BCUT2D eigenvalue weighted by atomic mass is 10.2. The molecule has 3 aromatic rings. The maximum absolute atomic E-state index is 10.6. The molecular formula is C13H12ClN5O2S. The fourth-order valence-corrected chi connectivity index (χ4v) is 2.69. The number of nitrogens with one attached hydrogen (secondary N) is 2. The van der Waals surface area contributed by atoms with Gasteiger partial charge in [0, 0.05) is 11.3 Å². The highest BCUT2D eigenvalue weighted by molar-refractivity contribution is 7.73. The van der Waals surface area contributed by atoms with E-state index in [0.29, 0.717) is 27.9 Å². The molecule has 0 aliphatic rings. The van der Waals surface area contributed by atoms with Crippen molar-refractivity contribution in [3.63, 3.8) is 0 Å². The summed E-state index contributed by atoms with van der Waals surface area (Å²) in [5.41, 5.74) is 3.21. The molecule has 0 saturated carbocycles. The third kappa shape index (κ3) is 2.58. The molecule has 0 spiro atoms. The zero-order chi connectivity index (χ0) is 15.9. The first-order valence-electron chi connectivity index (χ1n) is 6.27. The SMILES string of the molecule is C=C(C)c1nn2nc(-c3ccc(N[SH](=O)=O)cc3)[nH]c2c1Cl. The van der Waals surface area contributed by atoms with E-state index in [1.165, 1.54) is 4.63 Å². The van der Waals surface area contributed by atoms with Gasteiger partial charge in [-0.1, -0.05) is 18.2 Å². The van der Waals surface area contributed by atoms with Crippen LogP contribution in [-0.2, 0) is 10.9 Å². The zero-order valence-electron chi connectivity index (χ0n) is 11.5. The summed E-state index contributed by atoms with van der Waals surface area (Å²) in [6, 6.07) is 6.78. The van der Waals surface area contributed by atoms with E-state index in [-0.39, 0.29) is 0 Å². The number of rotatable bonds is 4. The Balaban J connectivity index is 1.98. The van der Waals surface area contributed by atoms with Crippen LogP contribution in [0.2, 0.25) is 5.02 Å². The summed E-state index contributed by atoms with van der Waals surface area (Å²) >= 11 is 6.24. The molecule has 22 heavy (non-hydrogen) atoms. The fraction of sp³-hybridized carbons (Fsp3) is 0.0769. The molecule has 0 saturated heterocycles. The lowest BCUT2D eigenvalue weighted by Crippen LogP contribution is -1.94. The van der Waals surface area contributed by atoms with Crippen molar-refractivity contribution in [3.8, 4) is 11.4 Å². The van der Waals surface area contributed by atoms with Crippen LogP contribution < -0.4 is 4.72 Å².